The summed E-state index contributed by atoms with van der Waals surface area (Å²) in [5.74, 6) is 2.20. The van der Waals surface area contributed by atoms with E-state index in [2.05, 4.69) is 59.8 Å². The first-order valence-electron chi connectivity index (χ1n) is 19.5. The molecule has 2 nitrogen and oxygen atoms in total. The summed E-state index contributed by atoms with van der Waals surface area (Å²) < 4.78 is 5.33. The van der Waals surface area contributed by atoms with Gasteiger partial charge in [-0.3, -0.25) is 0 Å². The lowest BCUT2D eigenvalue weighted by molar-refractivity contribution is -0.136. The minimum Gasteiger partial charge on any atom is -0.458 e. The zero-order valence-electron chi connectivity index (χ0n) is 31.5. The molecule has 0 aromatic heterocycles. The van der Waals surface area contributed by atoms with Gasteiger partial charge in [0.05, 0.1) is 0 Å². The summed E-state index contributed by atoms with van der Waals surface area (Å²) in [5, 5.41) is 0. The number of carbonyl (C=O) groups is 1. The zero-order valence-corrected chi connectivity index (χ0v) is 31.5. The van der Waals surface area contributed by atoms with Gasteiger partial charge in [-0.1, -0.05) is 204 Å². The third kappa shape index (κ3) is 34.8. The highest BCUT2D eigenvalue weighted by Crippen LogP contribution is 2.22. The Morgan fingerprint density at radius 1 is 0.565 bits per heavy atom. The van der Waals surface area contributed by atoms with Crippen molar-refractivity contribution in [2.45, 2.75) is 176 Å². The molecule has 0 bridgehead atoms. The van der Waals surface area contributed by atoms with Crippen LogP contribution in [0.4, 0.5) is 0 Å². The maximum atomic E-state index is 12.0. The molecule has 0 heterocycles. The molecule has 2 atom stereocenters. The van der Waals surface area contributed by atoms with Crippen LogP contribution in [0.1, 0.15) is 176 Å². The van der Waals surface area contributed by atoms with E-state index in [1.807, 2.05) is 36.5 Å². The minimum atomic E-state index is -0.299. The molecule has 0 N–H and O–H groups in total. The Morgan fingerprint density at radius 3 is 1.61 bits per heavy atom. The maximum absolute atomic E-state index is 12.0. The molecule has 0 aliphatic heterocycles. The SMILES string of the molecule is CCCCCCCCCCCCCC=CC=CC=CC=CC=CC(=O)OC/C=C(\C)CCC[C@H](C)CCC[C@H](C)CCCC(C)C. The molecule has 0 saturated carbocycles. The van der Waals surface area contributed by atoms with E-state index >= 15 is 0 Å². The second kappa shape index (κ2) is 34.3. The smallest absolute Gasteiger partial charge is 0.331 e. The Hall–Kier alpha value is -2.09. The molecule has 0 amide bonds. The molecule has 0 aromatic carbocycles. The summed E-state index contributed by atoms with van der Waals surface area (Å²) in [6, 6.07) is 0. The summed E-state index contributed by atoms with van der Waals surface area (Å²) >= 11 is 0. The van der Waals surface area contributed by atoms with Gasteiger partial charge in [0.2, 0.25) is 0 Å². The van der Waals surface area contributed by atoms with Gasteiger partial charge in [-0.15, -0.1) is 0 Å². The normalized spacial score (nSPS) is 14.3. The number of hydrogen-bond acceptors (Lipinski definition) is 2. The number of ether oxygens (including phenoxy) is 1. The molecule has 46 heavy (non-hydrogen) atoms. The van der Waals surface area contributed by atoms with Gasteiger partial charge in [0.1, 0.15) is 6.61 Å². The predicted molar refractivity (Wildman–Crippen MR) is 206 cm³/mol. The molecular formula is C44H76O2. The van der Waals surface area contributed by atoms with E-state index in [4.69, 9.17) is 4.74 Å². The second-order valence-electron chi connectivity index (χ2n) is 14.3. The predicted octanol–water partition coefficient (Wildman–Crippen LogP) is 14.4. The quantitative estimate of drug-likeness (QED) is 0.0249. The van der Waals surface area contributed by atoms with Gasteiger partial charge in [-0.25, -0.2) is 4.79 Å². The maximum Gasteiger partial charge on any atom is 0.331 e. The van der Waals surface area contributed by atoms with Crippen molar-refractivity contribution in [3.8, 4) is 0 Å². The molecule has 0 aromatic rings. The van der Waals surface area contributed by atoms with Crippen molar-refractivity contribution in [3.63, 3.8) is 0 Å². The fraction of sp³-hybridized carbons (Fsp3) is 0.705. The first kappa shape index (κ1) is 43.9. The first-order valence-corrected chi connectivity index (χ1v) is 19.5. The molecule has 0 aliphatic rings. The van der Waals surface area contributed by atoms with Crippen LogP contribution in [0.5, 0.6) is 0 Å². The van der Waals surface area contributed by atoms with Gasteiger partial charge in [0.15, 0.2) is 0 Å². The number of hydrogen-bond donors (Lipinski definition) is 0. The molecule has 0 aliphatic carbocycles. The zero-order chi connectivity index (χ0) is 33.9. The summed E-state index contributed by atoms with van der Waals surface area (Å²) in [7, 11) is 0. The van der Waals surface area contributed by atoms with Gasteiger partial charge in [-0.2, -0.15) is 0 Å². The van der Waals surface area contributed by atoms with Crippen molar-refractivity contribution >= 4 is 5.97 Å². The summed E-state index contributed by atoms with van der Waals surface area (Å²) in [5.41, 5.74) is 1.31. The highest BCUT2D eigenvalue weighted by molar-refractivity contribution is 5.82. The van der Waals surface area contributed by atoms with Gasteiger partial charge in [0, 0.05) is 6.08 Å². The van der Waals surface area contributed by atoms with Crippen molar-refractivity contribution in [2.24, 2.45) is 17.8 Å². The highest BCUT2D eigenvalue weighted by atomic mass is 16.5. The van der Waals surface area contributed by atoms with Crippen LogP contribution in [0.25, 0.3) is 0 Å². The molecule has 0 rings (SSSR count). The largest absolute Gasteiger partial charge is 0.458 e. The van der Waals surface area contributed by atoms with E-state index in [9.17, 15) is 4.79 Å². The van der Waals surface area contributed by atoms with Crippen LogP contribution in [0.15, 0.2) is 72.4 Å². The van der Waals surface area contributed by atoms with E-state index in [1.165, 1.54) is 140 Å². The lowest BCUT2D eigenvalue weighted by Crippen LogP contribution is -2.01. The molecule has 0 fully saturated rings. The third-order valence-corrected chi connectivity index (χ3v) is 8.92. The van der Waals surface area contributed by atoms with Crippen LogP contribution in [0.3, 0.4) is 0 Å². The molecule has 0 unspecified atom stereocenters. The van der Waals surface area contributed by atoms with E-state index in [0.717, 1.165) is 24.2 Å². The fourth-order valence-corrected chi connectivity index (χ4v) is 5.74. The van der Waals surface area contributed by atoms with E-state index in [1.54, 1.807) is 6.08 Å². The van der Waals surface area contributed by atoms with Gasteiger partial charge >= 0.3 is 5.97 Å². The number of unbranched alkanes of at least 4 members (excludes halogenated alkanes) is 11. The first-order chi connectivity index (χ1) is 22.3. The van der Waals surface area contributed by atoms with Crippen LogP contribution < -0.4 is 0 Å². The summed E-state index contributed by atoms with van der Waals surface area (Å²) in [4.78, 5) is 12.0. The van der Waals surface area contributed by atoms with Crippen molar-refractivity contribution in [2.75, 3.05) is 6.61 Å². The second-order valence-corrected chi connectivity index (χ2v) is 14.3. The average molecular weight is 637 g/mol. The number of rotatable bonds is 31. The molecule has 0 spiro atoms. The Labute approximate surface area is 288 Å². The molecule has 0 radical (unpaired) electrons. The Morgan fingerprint density at radius 2 is 1.04 bits per heavy atom. The van der Waals surface area contributed by atoms with Gasteiger partial charge in [0.25, 0.3) is 0 Å². The highest BCUT2D eigenvalue weighted by Gasteiger charge is 2.07. The molecule has 264 valence electrons. The number of esters is 1. The number of carbonyl (C=O) groups excluding carboxylic acids is 1. The lowest BCUT2D eigenvalue weighted by Gasteiger charge is -2.15. The third-order valence-electron chi connectivity index (χ3n) is 8.92. The Kier molecular flexibility index (Phi) is 32.7. The minimum absolute atomic E-state index is 0.299. The molecular weight excluding hydrogens is 560 g/mol. The van der Waals surface area contributed by atoms with E-state index in [0.29, 0.717) is 6.61 Å². The monoisotopic (exact) mass is 637 g/mol. The van der Waals surface area contributed by atoms with Crippen molar-refractivity contribution < 1.29 is 9.53 Å². The Bertz CT molecular complexity index is 853. The molecule has 2 heteroatoms. The van der Waals surface area contributed by atoms with Crippen LogP contribution in [0.2, 0.25) is 0 Å². The van der Waals surface area contributed by atoms with Crippen LogP contribution in [0, 0.1) is 17.8 Å². The van der Waals surface area contributed by atoms with Crippen LogP contribution in [-0.2, 0) is 9.53 Å². The van der Waals surface area contributed by atoms with Gasteiger partial charge < -0.3 is 4.74 Å². The standard InChI is InChI=1S/C44H76O2/c1-7-8-9-10-11-12-13-14-15-16-17-18-19-20-21-22-23-24-25-26-27-37-44(45)46-39-38-43(6)36-30-35-42(5)34-29-33-41(4)32-28-31-40(2)3/h19-27,37-38,40-42H,7-18,28-36,39H2,1-6H3/b20-19?,22-21?,24-23?,26-25?,37-27?,43-38+/t41-,42-/m1/s1. The number of allylic oxidation sites excluding steroid dienone is 10. The average Bonchev–Trinajstić information content (AvgIpc) is 3.01. The fourth-order valence-electron chi connectivity index (χ4n) is 5.74. The van der Waals surface area contributed by atoms with Crippen LogP contribution in [-0.4, -0.2) is 12.6 Å². The summed E-state index contributed by atoms with van der Waals surface area (Å²) in [6.45, 7) is 14.2. The molecule has 0 saturated heterocycles. The summed E-state index contributed by atoms with van der Waals surface area (Å²) in [6.07, 6.45) is 49.8. The Balaban J connectivity index is 3.79. The van der Waals surface area contributed by atoms with Gasteiger partial charge in [-0.05, 0) is 56.4 Å². The topological polar surface area (TPSA) is 26.3 Å². The van der Waals surface area contributed by atoms with Crippen molar-refractivity contribution in [1.29, 1.82) is 0 Å². The van der Waals surface area contributed by atoms with Crippen molar-refractivity contribution in [3.05, 3.63) is 72.4 Å². The van der Waals surface area contributed by atoms with Crippen molar-refractivity contribution in [1.82, 2.24) is 0 Å². The van der Waals surface area contributed by atoms with Crippen LogP contribution >= 0.6 is 0 Å². The van der Waals surface area contributed by atoms with E-state index in [-0.39, 0.29) is 5.97 Å². The van der Waals surface area contributed by atoms with E-state index < -0.39 is 0 Å². The lowest BCUT2D eigenvalue weighted by atomic mass is 9.91.